The number of carbonyl (C=O) groups excluding carboxylic acids is 1. The van der Waals surface area contributed by atoms with Gasteiger partial charge in [0.25, 0.3) is 0 Å². The van der Waals surface area contributed by atoms with Crippen LogP contribution in [0.5, 0.6) is 0 Å². The molecule has 40 heavy (non-hydrogen) atoms. The Morgan fingerprint density at radius 2 is 2.05 bits per heavy atom. The molecule has 11 heteroatoms. The van der Waals surface area contributed by atoms with Crippen LogP contribution in [0.3, 0.4) is 0 Å². The van der Waals surface area contributed by atoms with Crippen molar-refractivity contribution in [3.8, 4) is 0 Å². The molecule has 1 saturated heterocycles. The summed E-state index contributed by atoms with van der Waals surface area (Å²) in [7, 11) is 4.12. The van der Waals surface area contributed by atoms with E-state index in [1.54, 1.807) is 12.1 Å². The first kappa shape index (κ1) is 27.3. The van der Waals surface area contributed by atoms with Gasteiger partial charge in [-0.05, 0) is 89.2 Å². The van der Waals surface area contributed by atoms with E-state index in [0.29, 0.717) is 60.8 Å². The maximum atomic E-state index is 13.3. The van der Waals surface area contributed by atoms with Gasteiger partial charge in [-0.2, -0.15) is 15.0 Å². The Labute approximate surface area is 234 Å². The SMILES string of the molecule is CN(C)C1CCN(C(=O)C2=CC(Nc3nc4nc(n3)C(=CN)CCCCC([O-])=Nc3cccc(c3)N4)=CCC2)C1. The number of amides is 1. The first-order valence-electron chi connectivity index (χ1n) is 13.8. The molecule has 5 rings (SSSR count). The van der Waals surface area contributed by atoms with Crippen LogP contribution in [0.15, 0.2) is 58.9 Å². The number of likely N-dealkylation sites (N-methyl/N-ethyl adjacent to an activating group) is 1. The second kappa shape index (κ2) is 12.3. The van der Waals surface area contributed by atoms with Gasteiger partial charge in [-0.25, -0.2) is 0 Å². The number of nitrogens with zero attached hydrogens (tertiary/aromatic N) is 6. The van der Waals surface area contributed by atoms with Crippen LogP contribution in [0.2, 0.25) is 0 Å². The number of carbonyl (C=O) groups is 1. The van der Waals surface area contributed by atoms with E-state index in [2.05, 4.69) is 49.6 Å². The predicted octanol–water partition coefficient (Wildman–Crippen LogP) is 3.06. The van der Waals surface area contributed by atoms with Gasteiger partial charge >= 0.3 is 0 Å². The van der Waals surface area contributed by atoms with Gasteiger partial charge < -0.3 is 31.3 Å². The molecule has 1 fully saturated rings. The van der Waals surface area contributed by atoms with Gasteiger partial charge in [0.15, 0.2) is 5.82 Å². The molecule has 1 aromatic carbocycles. The monoisotopic (exact) mass is 542 g/mol. The third kappa shape index (κ3) is 6.66. The highest BCUT2D eigenvalue weighted by atomic mass is 16.3. The van der Waals surface area contributed by atoms with E-state index >= 15 is 0 Å². The van der Waals surface area contributed by atoms with E-state index in [1.165, 1.54) is 6.20 Å². The quantitative estimate of drug-likeness (QED) is 0.530. The summed E-state index contributed by atoms with van der Waals surface area (Å²) in [6, 6.07) is 7.65. The molecule has 1 aliphatic carbocycles. The molecule has 0 saturated carbocycles. The zero-order chi connectivity index (χ0) is 28.1. The van der Waals surface area contributed by atoms with E-state index in [9.17, 15) is 9.90 Å². The van der Waals surface area contributed by atoms with Crippen molar-refractivity contribution < 1.29 is 9.90 Å². The second-order valence-corrected chi connectivity index (χ2v) is 10.5. The summed E-state index contributed by atoms with van der Waals surface area (Å²) >= 11 is 0. The summed E-state index contributed by atoms with van der Waals surface area (Å²) in [4.78, 5) is 35.5. The molecule has 0 spiro atoms. The van der Waals surface area contributed by atoms with E-state index in [-0.39, 0.29) is 11.8 Å². The average molecular weight is 543 g/mol. The lowest BCUT2D eigenvalue weighted by Gasteiger charge is -2.22. The van der Waals surface area contributed by atoms with Crippen molar-refractivity contribution in [2.75, 3.05) is 37.8 Å². The minimum Gasteiger partial charge on any atom is -0.862 e. The number of rotatable bonds is 4. The fraction of sp³-hybridized carbons (Fsp3) is 0.414. The number of nitrogens with one attached hydrogen (secondary N) is 2. The van der Waals surface area contributed by atoms with Crippen molar-refractivity contribution in [1.82, 2.24) is 24.8 Å². The summed E-state index contributed by atoms with van der Waals surface area (Å²) in [6.07, 6.45) is 10.3. The van der Waals surface area contributed by atoms with Crippen LogP contribution >= 0.6 is 0 Å². The Morgan fingerprint density at radius 3 is 2.85 bits per heavy atom. The number of aromatic nitrogens is 3. The fourth-order valence-corrected chi connectivity index (χ4v) is 5.11. The van der Waals surface area contributed by atoms with E-state index in [4.69, 9.17) is 5.73 Å². The van der Waals surface area contributed by atoms with Gasteiger partial charge in [0.2, 0.25) is 17.8 Å². The lowest BCUT2D eigenvalue weighted by Crippen LogP contribution is -2.35. The minimum atomic E-state index is -0.152. The molecule has 210 valence electrons. The third-order valence-electron chi connectivity index (χ3n) is 7.39. The number of anilines is 3. The number of allylic oxidation sites excluding steroid dienone is 3. The molecule has 3 heterocycles. The minimum absolute atomic E-state index is 0.0917. The maximum Gasteiger partial charge on any atom is 0.249 e. The summed E-state index contributed by atoms with van der Waals surface area (Å²) in [5, 5.41) is 18.8. The Hall–Kier alpha value is -4.25. The molecular formula is C29H36N9O2-. The number of aliphatic imine (C=N–C) groups is 1. The largest absolute Gasteiger partial charge is 0.862 e. The molecule has 1 unspecified atom stereocenters. The molecule has 4 bridgehead atoms. The Morgan fingerprint density at radius 1 is 1.20 bits per heavy atom. The van der Waals surface area contributed by atoms with Gasteiger partial charge in [-0.3, -0.25) is 9.79 Å². The lowest BCUT2D eigenvalue weighted by atomic mass is 10.0. The van der Waals surface area contributed by atoms with Crippen molar-refractivity contribution in [2.24, 2.45) is 10.7 Å². The maximum absolute atomic E-state index is 13.3. The van der Waals surface area contributed by atoms with Crippen LogP contribution in [-0.4, -0.2) is 69.8 Å². The Balaban J connectivity index is 1.40. The summed E-state index contributed by atoms with van der Waals surface area (Å²) in [5.74, 6) is 1.07. The van der Waals surface area contributed by atoms with Crippen molar-refractivity contribution in [1.29, 1.82) is 0 Å². The number of benzene rings is 1. The molecule has 1 atom stereocenters. The number of fused-ring (bicyclic) bond motifs is 4. The van der Waals surface area contributed by atoms with E-state index in [0.717, 1.165) is 49.2 Å². The molecule has 1 amide bonds. The predicted molar refractivity (Wildman–Crippen MR) is 155 cm³/mol. The molecule has 3 aliphatic rings. The van der Waals surface area contributed by atoms with Gasteiger partial charge in [0.05, 0.1) is 5.69 Å². The lowest BCUT2D eigenvalue weighted by molar-refractivity contribution is -0.218. The first-order chi connectivity index (χ1) is 19.4. The van der Waals surface area contributed by atoms with Crippen molar-refractivity contribution >= 4 is 40.6 Å². The number of nitrogens with two attached hydrogens (primary N) is 1. The normalized spacial score (nSPS) is 20.8. The smallest absolute Gasteiger partial charge is 0.249 e. The molecule has 2 aromatic rings. The summed E-state index contributed by atoms with van der Waals surface area (Å²) in [5.41, 5.74) is 9.56. The highest BCUT2D eigenvalue weighted by Gasteiger charge is 2.29. The zero-order valence-corrected chi connectivity index (χ0v) is 23.1. The molecular weight excluding hydrogens is 506 g/mol. The van der Waals surface area contributed by atoms with Crippen molar-refractivity contribution in [3.05, 3.63) is 59.7 Å². The highest BCUT2D eigenvalue weighted by molar-refractivity contribution is 5.94. The van der Waals surface area contributed by atoms with E-state index in [1.807, 2.05) is 29.2 Å². The van der Waals surface area contributed by atoms with Gasteiger partial charge in [-0.1, -0.05) is 12.1 Å². The van der Waals surface area contributed by atoms with Gasteiger partial charge in [0.1, 0.15) is 0 Å². The van der Waals surface area contributed by atoms with Crippen LogP contribution in [-0.2, 0) is 4.79 Å². The number of likely N-dealkylation sites (tertiary alicyclic amines) is 1. The average Bonchev–Trinajstić information content (AvgIpc) is 3.43. The molecule has 0 radical (unpaired) electrons. The van der Waals surface area contributed by atoms with Crippen molar-refractivity contribution in [3.63, 3.8) is 0 Å². The van der Waals surface area contributed by atoms with E-state index < -0.39 is 0 Å². The molecule has 1 aromatic heterocycles. The Bertz CT molecular complexity index is 1380. The fourth-order valence-electron chi connectivity index (χ4n) is 5.11. The zero-order valence-electron chi connectivity index (χ0n) is 23.1. The summed E-state index contributed by atoms with van der Waals surface area (Å²) in [6.45, 7) is 1.52. The molecule has 4 N–H and O–H groups in total. The summed E-state index contributed by atoms with van der Waals surface area (Å²) < 4.78 is 0. The third-order valence-corrected chi connectivity index (χ3v) is 7.39. The van der Waals surface area contributed by atoms with Crippen LogP contribution in [0.25, 0.3) is 5.57 Å². The first-order valence-corrected chi connectivity index (χ1v) is 13.8. The highest BCUT2D eigenvalue weighted by Crippen LogP contribution is 2.27. The molecule has 2 aliphatic heterocycles. The standard InChI is InChI=1S/C29H37N9O2/c1-37(2)24-13-14-38(18-24)27(40)19-8-5-9-21(15-19)32-28-34-26-20(17-30)7-3-4-12-25(39)31-22-10-6-11-23(16-22)33-29(35-26)36-28/h6,9-11,15-17,24H,3-5,7-8,12-14,18,30H2,1-2H3,(H,31,39)(H2,32,33,34,35,36)/p-1. The van der Waals surface area contributed by atoms with Crippen LogP contribution in [0.4, 0.5) is 23.3 Å². The molecule has 11 nitrogen and oxygen atoms in total. The van der Waals surface area contributed by atoms with Gasteiger partial charge in [-0.15, -0.1) is 0 Å². The van der Waals surface area contributed by atoms with Crippen LogP contribution in [0.1, 0.15) is 50.8 Å². The second-order valence-electron chi connectivity index (χ2n) is 10.5. The van der Waals surface area contributed by atoms with Crippen molar-refractivity contribution in [2.45, 2.75) is 51.0 Å². The Kier molecular flexibility index (Phi) is 8.40. The van der Waals surface area contributed by atoms with Gasteiger partial charge in [0, 0.05) is 47.9 Å². The van der Waals surface area contributed by atoms with Crippen LogP contribution in [0, 0.1) is 0 Å². The van der Waals surface area contributed by atoms with Crippen LogP contribution < -0.4 is 21.5 Å². The number of hydrogen-bond acceptors (Lipinski definition) is 10. The number of hydrogen-bond donors (Lipinski definition) is 3. The topological polar surface area (TPSA) is 148 Å².